The highest BCUT2D eigenvalue weighted by Gasteiger charge is 2.18. The first kappa shape index (κ1) is 12.0. The number of oxazole rings is 1. The lowest BCUT2D eigenvalue weighted by Crippen LogP contribution is -2.14. The minimum Gasteiger partial charge on any atom is -0.440 e. The van der Waals surface area contributed by atoms with Crippen LogP contribution in [0.1, 0.15) is 32.1 Å². The monoisotopic (exact) mass is 236 g/mol. The van der Waals surface area contributed by atoms with Gasteiger partial charge in [0.05, 0.1) is 0 Å². The van der Waals surface area contributed by atoms with Crippen LogP contribution in [-0.2, 0) is 0 Å². The minimum absolute atomic E-state index is 0.102. The van der Waals surface area contributed by atoms with Crippen molar-refractivity contribution in [3.8, 4) is 0 Å². The van der Waals surface area contributed by atoms with Crippen LogP contribution in [0.5, 0.6) is 0 Å². The molecule has 1 heterocycles. The van der Waals surface area contributed by atoms with E-state index in [-0.39, 0.29) is 11.7 Å². The molecule has 17 heavy (non-hydrogen) atoms. The standard InChI is InChI=1S/C13H17FN2O/c1-8(2)5-9(7-15)13-16-11-6-10(14)3-4-12(11)17-13/h3-4,6,8-9H,5,7,15H2,1-2H3. The van der Waals surface area contributed by atoms with Gasteiger partial charge in [-0.25, -0.2) is 9.37 Å². The molecule has 0 saturated carbocycles. The van der Waals surface area contributed by atoms with Crippen molar-refractivity contribution < 1.29 is 8.81 Å². The summed E-state index contributed by atoms with van der Waals surface area (Å²) in [4.78, 5) is 4.31. The van der Waals surface area contributed by atoms with Gasteiger partial charge in [0, 0.05) is 18.5 Å². The van der Waals surface area contributed by atoms with Gasteiger partial charge in [-0.2, -0.15) is 0 Å². The number of fused-ring (bicyclic) bond motifs is 1. The summed E-state index contributed by atoms with van der Waals surface area (Å²) < 4.78 is 18.7. The van der Waals surface area contributed by atoms with E-state index in [0.29, 0.717) is 29.5 Å². The van der Waals surface area contributed by atoms with Crippen LogP contribution in [-0.4, -0.2) is 11.5 Å². The van der Waals surface area contributed by atoms with Crippen LogP contribution in [0.15, 0.2) is 22.6 Å². The molecule has 1 atom stereocenters. The normalized spacial score (nSPS) is 13.5. The SMILES string of the molecule is CC(C)CC(CN)c1nc2cc(F)ccc2o1. The van der Waals surface area contributed by atoms with E-state index in [0.717, 1.165) is 6.42 Å². The Morgan fingerprint density at radius 1 is 1.41 bits per heavy atom. The second-order valence-electron chi connectivity index (χ2n) is 4.73. The molecule has 0 bridgehead atoms. The van der Waals surface area contributed by atoms with Crippen LogP contribution in [0.3, 0.4) is 0 Å². The van der Waals surface area contributed by atoms with Crippen molar-refractivity contribution >= 4 is 11.1 Å². The predicted octanol–water partition coefficient (Wildman–Crippen LogP) is 3.06. The van der Waals surface area contributed by atoms with Gasteiger partial charge >= 0.3 is 0 Å². The fraction of sp³-hybridized carbons (Fsp3) is 0.462. The quantitative estimate of drug-likeness (QED) is 0.887. The lowest BCUT2D eigenvalue weighted by atomic mass is 9.97. The summed E-state index contributed by atoms with van der Waals surface area (Å²) >= 11 is 0. The van der Waals surface area contributed by atoms with Crippen LogP contribution < -0.4 is 5.73 Å². The molecule has 0 aliphatic carbocycles. The molecule has 0 aliphatic heterocycles. The van der Waals surface area contributed by atoms with E-state index in [1.807, 2.05) is 0 Å². The van der Waals surface area contributed by atoms with Crippen molar-refractivity contribution in [3.05, 3.63) is 29.9 Å². The molecule has 0 radical (unpaired) electrons. The number of nitrogens with two attached hydrogens (primary N) is 1. The molecule has 0 aliphatic rings. The van der Waals surface area contributed by atoms with Crippen LogP contribution in [0, 0.1) is 11.7 Å². The molecule has 1 aromatic heterocycles. The van der Waals surface area contributed by atoms with Crippen molar-refractivity contribution in [1.82, 2.24) is 4.98 Å². The molecular formula is C13H17FN2O. The van der Waals surface area contributed by atoms with Gasteiger partial charge in [-0.3, -0.25) is 0 Å². The summed E-state index contributed by atoms with van der Waals surface area (Å²) in [5.41, 5.74) is 6.90. The second-order valence-corrected chi connectivity index (χ2v) is 4.73. The highest BCUT2D eigenvalue weighted by Crippen LogP contribution is 2.26. The van der Waals surface area contributed by atoms with Gasteiger partial charge in [-0.15, -0.1) is 0 Å². The molecule has 92 valence electrons. The number of aromatic nitrogens is 1. The van der Waals surface area contributed by atoms with Crippen molar-refractivity contribution in [2.75, 3.05) is 6.54 Å². The molecule has 0 spiro atoms. The Morgan fingerprint density at radius 2 is 2.18 bits per heavy atom. The first-order valence-electron chi connectivity index (χ1n) is 5.86. The molecule has 4 heteroatoms. The average Bonchev–Trinajstić information content (AvgIpc) is 2.68. The first-order chi connectivity index (χ1) is 8.10. The van der Waals surface area contributed by atoms with Crippen LogP contribution in [0.25, 0.3) is 11.1 Å². The Bertz CT molecular complexity index is 507. The highest BCUT2D eigenvalue weighted by atomic mass is 19.1. The van der Waals surface area contributed by atoms with Crippen LogP contribution >= 0.6 is 0 Å². The Hall–Kier alpha value is -1.42. The lowest BCUT2D eigenvalue weighted by molar-refractivity contribution is 0.414. The third-order valence-electron chi connectivity index (χ3n) is 2.76. The lowest BCUT2D eigenvalue weighted by Gasteiger charge is -2.12. The maximum absolute atomic E-state index is 13.0. The topological polar surface area (TPSA) is 52.0 Å². The zero-order valence-electron chi connectivity index (χ0n) is 10.1. The number of hydrogen-bond acceptors (Lipinski definition) is 3. The molecule has 2 rings (SSSR count). The number of hydrogen-bond donors (Lipinski definition) is 1. The van der Waals surface area contributed by atoms with Crippen molar-refractivity contribution in [2.45, 2.75) is 26.2 Å². The van der Waals surface area contributed by atoms with Crippen LogP contribution in [0.4, 0.5) is 4.39 Å². The second kappa shape index (κ2) is 4.84. The van der Waals surface area contributed by atoms with Gasteiger partial charge in [-0.05, 0) is 24.5 Å². The number of benzene rings is 1. The number of rotatable bonds is 4. The van der Waals surface area contributed by atoms with E-state index in [4.69, 9.17) is 10.2 Å². The molecular weight excluding hydrogens is 219 g/mol. The fourth-order valence-corrected chi connectivity index (χ4v) is 1.96. The third kappa shape index (κ3) is 2.64. The maximum Gasteiger partial charge on any atom is 0.199 e. The van der Waals surface area contributed by atoms with Crippen molar-refractivity contribution in [2.24, 2.45) is 11.7 Å². The smallest absolute Gasteiger partial charge is 0.199 e. The Kier molecular flexibility index (Phi) is 3.43. The van der Waals surface area contributed by atoms with Gasteiger partial charge < -0.3 is 10.2 Å². The minimum atomic E-state index is -0.300. The fourth-order valence-electron chi connectivity index (χ4n) is 1.96. The summed E-state index contributed by atoms with van der Waals surface area (Å²) in [7, 11) is 0. The summed E-state index contributed by atoms with van der Waals surface area (Å²) in [5.74, 6) is 0.938. The highest BCUT2D eigenvalue weighted by molar-refractivity contribution is 5.72. The van der Waals surface area contributed by atoms with Gasteiger partial charge in [0.15, 0.2) is 11.5 Å². The Balaban J connectivity index is 2.34. The first-order valence-corrected chi connectivity index (χ1v) is 5.86. The molecule has 2 N–H and O–H groups in total. The van der Waals surface area contributed by atoms with E-state index in [2.05, 4.69) is 18.8 Å². The molecule has 0 saturated heterocycles. The van der Waals surface area contributed by atoms with Gasteiger partial charge in [0.2, 0.25) is 0 Å². The summed E-state index contributed by atoms with van der Waals surface area (Å²) in [6.07, 6.45) is 0.922. The predicted molar refractivity (Wildman–Crippen MR) is 65.2 cm³/mol. The van der Waals surface area contributed by atoms with E-state index >= 15 is 0 Å². The van der Waals surface area contributed by atoms with Gasteiger partial charge in [0.25, 0.3) is 0 Å². The molecule has 2 aromatic rings. The Labute approximate surface area is 99.8 Å². The number of halogens is 1. The van der Waals surface area contributed by atoms with Gasteiger partial charge in [0.1, 0.15) is 11.3 Å². The molecule has 0 amide bonds. The molecule has 1 aromatic carbocycles. The third-order valence-corrected chi connectivity index (χ3v) is 2.76. The average molecular weight is 236 g/mol. The largest absolute Gasteiger partial charge is 0.440 e. The number of nitrogens with zero attached hydrogens (tertiary/aromatic N) is 1. The zero-order chi connectivity index (χ0) is 12.4. The molecule has 3 nitrogen and oxygen atoms in total. The summed E-state index contributed by atoms with van der Waals surface area (Å²) in [6, 6.07) is 4.35. The van der Waals surface area contributed by atoms with E-state index in [9.17, 15) is 4.39 Å². The summed E-state index contributed by atoms with van der Waals surface area (Å²) in [6.45, 7) is 4.75. The maximum atomic E-state index is 13.0. The van der Waals surface area contributed by atoms with Crippen molar-refractivity contribution in [1.29, 1.82) is 0 Å². The van der Waals surface area contributed by atoms with E-state index in [1.165, 1.54) is 12.1 Å². The molecule has 0 fully saturated rings. The zero-order valence-corrected chi connectivity index (χ0v) is 10.1. The van der Waals surface area contributed by atoms with E-state index < -0.39 is 0 Å². The summed E-state index contributed by atoms with van der Waals surface area (Å²) in [5, 5.41) is 0. The van der Waals surface area contributed by atoms with Gasteiger partial charge in [-0.1, -0.05) is 13.8 Å². The Morgan fingerprint density at radius 3 is 2.82 bits per heavy atom. The van der Waals surface area contributed by atoms with E-state index in [1.54, 1.807) is 6.07 Å². The van der Waals surface area contributed by atoms with Crippen LogP contribution in [0.2, 0.25) is 0 Å². The molecule has 1 unspecified atom stereocenters. The van der Waals surface area contributed by atoms with Crippen molar-refractivity contribution in [3.63, 3.8) is 0 Å².